The normalized spacial score (nSPS) is 13.5. The number of methoxy groups -OCH3 is 1. The van der Waals surface area contributed by atoms with Gasteiger partial charge in [-0.05, 0) is 6.08 Å². The molecule has 0 bridgehead atoms. The summed E-state index contributed by atoms with van der Waals surface area (Å²) >= 11 is 1.67. The van der Waals surface area contributed by atoms with Crippen LogP contribution in [0.25, 0.3) is 17.3 Å². The second-order valence-electron chi connectivity index (χ2n) is 4.66. The fourth-order valence-corrected chi connectivity index (χ4v) is 3.29. The van der Waals surface area contributed by atoms with Gasteiger partial charge in [0.25, 0.3) is 0 Å². The van der Waals surface area contributed by atoms with Gasteiger partial charge in [-0.1, -0.05) is 42.1 Å². The van der Waals surface area contributed by atoms with E-state index in [1.54, 1.807) is 17.8 Å². The molecule has 22 heavy (non-hydrogen) atoms. The average molecular weight is 311 g/mol. The van der Waals surface area contributed by atoms with E-state index in [1.165, 1.54) is 7.11 Å². The maximum atomic E-state index is 11.7. The Morgan fingerprint density at radius 1 is 1.45 bits per heavy atom. The Kier molecular flexibility index (Phi) is 3.98. The summed E-state index contributed by atoms with van der Waals surface area (Å²) in [4.78, 5) is 16.3. The molecule has 0 aliphatic carbocycles. The van der Waals surface area contributed by atoms with Gasteiger partial charge in [-0.25, -0.2) is 9.78 Å². The average Bonchev–Trinajstić information content (AvgIpc) is 3.14. The van der Waals surface area contributed by atoms with Crippen molar-refractivity contribution in [3.05, 3.63) is 41.6 Å². The fraction of sp³-hybridized carbons (Fsp3) is 0.188. The molecule has 0 atom stereocenters. The zero-order chi connectivity index (χ0) is 15.5. The van der Waals surface area contributed by atoms with E-state index in [0.717, 1.165) is 34.4 Å². The van der Waals surface area contributed by atoms with E-state index in [1.807, 2.05) is 41.0 Å². The van der Waals surface area contributed by atoms with E-state index in [4.69, 9.17) is 0 Å². The number of ether oxygens (including phenoxy) is 1. The minimum atomic E-state index is -0.636. The highest BCUT2D eigenvalue weighted by atomic mass is 32.2. The molecule has 2 heterocycles. The van der Waals surface area contributed by atoms with Crippen molar-refractivity contribution in [3.8, 4) is 17.3 Å². The molecule has 1 aromatic carbocycles. The van der Waals surface area contributed by atoms with Crippen molar-refractivity contribution < 1.29 is 9.53 Å². The lowest BCUT2D eigenvalue weighted by molar-refractivity contribution is -0.135. The molecule has 2 aromatic rings. The quantitative estimate of drug-likeness (QED) is 0.495. The van der Waals surface area contributed by atoms with Crippen molar-refractivity contribution in [2.75, 3.05) is 12.9 Å². The van der Waals surface area contributed by atoms with E-state index < -0.39 is 5.97 Å². The van der Waals surface area contributed by atoms with E-state index in [2.05, 4.69) is 9.72 Å². The number of carbonyl (C=O) groups excluding carboxylic acids is 1. The summed E-state index contributed by atoms with van der Waals surface area (Å²) in [5, 5.41) is 10.1. The molecule has 0 saturated carbocycles. The summed E-state index contributed by atoms with van der Waals surface area (Å²) < 4.78 is 6.69. The molecule has 1 aromatic heterocycles. The SMILES string of the molecule is COC(=O)C(C#N)=Cc1c(-c2ccccc2)nc2n1CCS2. The third-order valence-electron chi connectivity index (χ3n) is 3.37. The lowest BCUT2D eigenvalue weighted by Gasteiger charge is -2.04. The molecular formula is C16H13N3O2S. The standard InChI is InChI=1S/C16H13N3O2S/c1-21-15(20)12(10-17)9-13-14(11-5-3-2-4-6-11)18-16-19(13)7-8-22-16/h2-6,9H,7-8H2,1H3. The predicted octanol–water partition coefficient (Wildman–Crippen LogP) is 2.74. The van der Waals surface area contributed by atoms with E-state index >= 15 is 0 Å². The topological polar surface area (TPSA) is 67.9 Å². The first kappa shape index (κ1) is 14.4. The van der Waals surface area contributed by atoms with Crippen LogP contribution in [0.2, 0.25) is 0 Å². The minimum Gasteiger partial charge on any atom is -0.465 e. The van der Waals surface area contributed by atoms with Crippen LogP contribution in [0.4, 0.5) is 0 Å². The first-order valence-corrected chi connectivity index (χ1v) is 7.72. The third kappa shape index (κ3) is 2.51. The van der Waals surface area contributed by atoms with Gasteiger partial charge in [-0.15, -0.1) is 0 Å². The molecule has 0 radical (unpaired) electrons. The van der Waals surface area contributed by atoms with Gasteiger partial charge in [0.05, 0.1) is 18.5 Å². The van der Waals surface area contributed by atoms with E-state index in [0.29, 0.717) is 0 Å². The van der Waals surface area contributed by atoms with Crippen LogP contribution in [0.5, 0.6) is 0 Å². The molecule has 6 heteroatoms. The molecule has 0 N–H and O–H groups in total. The molecule has 0 saturated heterocycles. The van der Waals surface area contributed by atoms with Gasteiger partial charge in [0.2, 0.25) is 0 Å². The summed E-state index contributed by atoms with van der Waals surface area (Å²) in [6.07, 6.45) is 1.57. The highest BCUT2D eigenvalue weighted by Gasteiger charge is 2.23. The monoisotopic (exact) mass is 311 g/mol. The maximum absolute atomic E-state index is 11.7. The number of esters is 1. The number of carbonyl (C=O) groups is 1. The number of benzene rings is 1. The Hall–Kier alpha value is -2.52. The largest absolute Gasteiger partial charge is 0.465 e. The van der Waals surface area contributed by atoms with Crippen LogP contribution in [-0.2, 0) is 16.1 Å². The Morgan fingerprint density at radius 2 is 2.23 bits per heavy atom. The Balaban J connectivity index is 2.16. The smallest absolute Gasteiger partial charge is 0.348 e. The van der Waals surface area contributed by atoms with Crippen LogP contribution in [0, 0.1) is 11.3 Å². The summed E-state index contributed by atoms with van der Waals surface area (Å²) in [5.74, 6) is 0.306. The summed E-state index contributed by atoms with van der Waals surface area (Å²) in [5.41, 5.74) is 2.48. The van der Waals surface area contributed by atoms with Crippen LogP contribution in [-0.4, -0.2) is 28.4 Å². The van der Waals surface area contributed by atoms with Crippen molar-refractivity contribution >= 4 is 23.8 Å². The zero-order valence-corrected chi connectivity index (χ0v) is 12.8. The number of hydrogen-bond donors (Lipinski definition) is 0. The molecule has 0 amide bonds. The Morgan fingerprint density at radius 3 is 2.91 bits per heavy atom. The van der Waals surface area contributed by atoms with Crippen molar-refractivity contribution in [3.63, 3.8) is 0 Å². The van der Waals surface area contributed by atoms with Crippen molar-refractivity contribution in [1.82, 2.24) is 9.55 Å². The van der Waals surface area contributed by atoms with Crippen molar-refractivity contribution in [1.29, 1.82) is 5.26 Å². The minimum absolute atomic E-state index is 0.0284. The summed E-state index contributed by atoms with van der Waals surface area (Å²) in [6.45, 7) is 0.811. The first-order valence-electron chi connectivity index (χ1n) is 6.73. The zero-order valence-electron chi connectivity index (χ0n) is 11.9. The van der Waals surface area contributed by atoms with E-state index in [9.17, 15) is 10.1 Å². The molecule has 0 fully saturated rings. The molecule has 0 spiro atoms. The lowest BCUT2D eigenvalue weighted by atomic mass is 10.1. The lowest BCUT2D eigenvalue weighted by Crippen LogP contribution is -2.04. The van der Waals surface area contributed by atoms with Gasteiger partial charge in [0, 0.05) is 17.9 Å². The fourth-order valence-electron chi connectivity index (χ4n) is 2.34. The summed E-state index contributed by atoms with van der Waals surface area (Å²) in [6, 6.07) is 11.6. The maximum Gasteiger partial charge on any atom is 0.348 e. The van der Waals surface area contributed by atoms with Crippen LogP contribution >= 0.6 is 11.8 Å². The van der Waals surface area contributed by atoms with Crippen LogP contribution in [0.1, 0.15) is 5.69 Å². The highest BCUT2D eigenvalue weighted by Crippen LogP contribution is 2.34. The number of hydrogen-bond acceptors (Lipinski definition) is 5. The molecule has 3 rings (SSSR count). The molecule has 1 aliphatic heterocycles. The predicted molar refractivity (Wildman–Crippen MR) is 84.0 cm³/mol. The number of nitriles is 1. The number of rotatable bonds is 3. The van der Waals surface area contributed by atoms with Gasteiger partial charge in [0.1, 0.15) is 11.6 Å². The number of aromatic nitrogens is 2. The van der Waals surface area contributed by atoms with Crippen LogP contribution in [0.3, 0.4) is 0 Å². The number of imidazole rings is 1. The van der Waals surface area contributed by atoms with Gasteiger partial charge < -0.3 is 9.30 Å². The Bertz CT molecular complexity index is 788. The first-order chi connectivity index (χ1) is 10.7. The number of nitrogens with zero attached hydrogens (tertiary/aromatic N) is 3. The van der Waals surface area contributed by atoms with Gasteiger partial charge >= 0.3 is 5.97 Å². The third-order valence-corrected chi connectivity index (χ3v) is 4.33. The number of thioether (sulfide) groups is 1. The van der Waals surface area contributed by atoms with E-state index in [-0.39, 0.29) is 5.57 Å². The van der Waals surface area contributed by atoms with Gasteiger partial charge in [-0.2, -0.15) is 5.26 Å². The van der Waals surface area contributed by atoms with Crippen LogP contribution < -0.4 is 0 Å². The molecule has 0 unspecified atom stereocenters. The highest BCUT2D eigenvalue weighted by molar-refractivity contribution is 7.99. The van der Waals surface area contributed by atoms with Crippen LogP contribution in [0.15, 0.2) is 41.1 Å². The second kappa shape index (κ2) is 6.08. The molecule has 5 nitrogen and oxygen atoms in total. The molecule has 1 aliphatic rings. The van der Waals surface area contributed by atoms with Gasteiger partial charge in [0.15, 0.2) is 5.16 Å². The van der Waals surface area contributed by atoms with Crippen molar-refractivity contribution in [2.24, 2.45) is 0 Å². The summed E-state index contributed by atoms with van der Waals surface area (Å²) in [7, 11) is 1.27. The van der Waals surface area contributed by atoms with Gasteiger partial charge in [-0.3, -0.25) is 0 Å². The second-order valence-corrected chi connectivity index (χ2v) is 5.72. The van der Waals surface area contributed by atoms with Crippen molar-refractivity contribution in [2.45, 2.75) is 11.7 Å². The molecule has 110 valence electrons. The number of fused-ring (bicyclic) bond motifs is 1. The molecular weight excluding hydrogens is 298 g/mol. The Labute approximate surface area is 132 Å².